The van der Waals surface area contributed by atoms with Crippen molar-refractivity contribution in [3.05, 3.63) is 70.2 Å². The number of amides is 2. The molecule has 0 unspecified atom stereocenters. The molecule has 0 bridgehead atoms. The molecule has 3 rings (SSSR count). The quantitative estimate of drug-likeness (QED) is 0.473. The van der Waals surface area contributed by atoms with Crippen molar-refractivity contribution >= 4 is 23.4 Å². The first-order valence-corrected chi connectivity index (χ1v) is 8.25. The molecule has 0 spiro atoms. The Kier molecular flexibility index (Phi) is 4.98. The normalized spacial score (nSPS) is 12.8. The fraction of sp³-hybridized carbons (Fsp3) is 0.200. The van der Waals surface area contributed by atoms with Gasteiger partial charge in [0.25, 0.3) is 11.8 Å². The van der Waals surface area contributed by atoms with E-state index in [2.05, 4.69) is 18.0 Å². The summed E-state index contributed by atoms with van der Waals surface area (Å²) in [4.78, 5) is 25.3. The largest absolute Gasteiger partial charge is 0.273 e. The maximum absolute atomic E-state index is 12.1. The number of aryl methyl sites for hydroxylation is 1. The summed E-state index contributed by atoms with van der Waals surface area (Å²) < 4.78 is 0. The van der Waals surface area contributed by atoms with Crippen LogP contribution in [-0.4, -0.2) is 16.7 Å². The highest BCUT2D eigenvalue weighted by Crippen LogP contribution is 2.21. The van der Waals surface area contributed by atoms with Crippen molar-refractivity contribution in [1.29, 1.82) is 0 Å². The standard InChI is InChI=1S/C20H16ClNO2/c21-16-10-7-9-15(14-16)8-3-1-2-6-13-22-19(23)17-11-4-5-12-18(17)20(22)24/h4-5,7,9-12,14H,1-3,8H2. The Morgan fingerprint density at radius 3 is 2.29 bits per heavy atom. The van der Waals surface area contributed by atoms with Gasteiger partial charge in [-0.1, -0.05) is 41.8 Å². The molecule has 2 aromatic rings. The molecule has 1 aliphatic rings. The molecule has 0 fully saturated rings. The summed E-state index contributed by atoms with van der Waals surface area (Å²) in [5, 5.41) is 0.748. The Morgan fingerprint density at radius 1 is 0.917 bits per heavy atom. The predicted octanol–water partition coefficient (Wildman–Crippen LogP) is 4.31. The van der Waals surface area contributed by atoms with Crippen LogP contribution in [-0.2, 0) is 6.42 Å². The number of unbranched alkanes of at least 4 members (excludes halogenated alkanes) is 2. The second-order valence-corrected chi connectivity index (χ2v) is 6.05. The highest BCUT2D eigenvalue weighted by molar-refractivity contribution is 6.30. The van der Waals surface area contributed by atoms with Gasteiger partial charge in [-0.15, -0.1) is 0 Å². The number of carbonyl (C=O) groups is 2. The number of rotatable bonds is 4. The molecule has 0 saturated carbocycles. The van der Waals surface area contributed by atoms with E-state index in [1.807, 2.05) is 18.2 Å². The lowest BCUT2D eigenvalue weighted by atomic mass is 10.1. The lowest BCUT2D eigenvalue weighted by Crippen LogP contribution is -2.24. The van der Waals surface area contributed by atoms with E-state index in [4.69, 9.17) is 11.6 Å². The van der Waals surface area contributed by atoms with Crippen molar-refractivity contribution in [3.8, 4) is 12.0 Å². The molecule has 0 saturated heterocycles. The maximum Gasteiger partial charge on any atom is 0.273 e. The Labute approximate surface area is 146 Å². The highest BCUT2D eigenvalue weighted by Gasteiger charge is 2.34. The number of hydrogen-bond acceptors (Lipinski definition) is 2. The van der Waals surface area contributed by atoms with Gasteiger partial charge < -0.3 is 0 Å². The summed E-state index contributed by atoms with van der Waals surface area (Å²) in [6.07, 6.45) is 3.48. The molecule has 3 nitrogen and oxygen atoms in total. The van der Waals surface area contributed by atoms with Gasteiger partial charge in [-0.05, 0) is 49.1 Å². The molecule has 2 amide bonds. The van der Waals surface area contributed by atoms with Crippen LogP contribution in [0.15, 0.2) is 48.5 Å². The van der Waals surface area contributed by atoms with E-state index in [1.165, 1.54) is 5.56 Å². The number of imide groups is 1. The summed E-state index contributed by atoms with van der Waals surface area (Å²) in [7, 11) is 0. The molecule has 0 N–H and O–H groups in total. The van der Waals surface area contributed by atoms with E-state index in [-0.39, 0.29) is 11.8 Å². The van der Waals surface area contributed by atoms with E-state index in [0.717, 1.165) is 29.2 Å². The molecule has 1 heterocycles. The number of halogens is 1. The first-order valence-electron chi connectivity index (χ1n) is 7.87. The minimum absolute atomic E-state index is 0.331. The first kappa shape index (κ1) is 16.3. The fourth-order valence-corrected chi connectivity index (χ4v) is 2.87. The summed E-state index contributed by atoms with van der Waals surface area (Å²) in [6, 6.07) is 17.3. The van der Waals surface area contributed by atoms with Crippen molar-refractivity contribution in [1.82, 2.24) is 4.90 Å². The van der Waals surface area contributed by atoms with Crippen molar-refractivity contribution < 1.29 is 9.59 Å². The average molecular weight is 338 g/mol. The van der Waals surface area contributed by atoms with E-state index in [1.54, 1.807) is 24.3 Å². The summed E-state index contributed by atoms with van der Waals surface area (Å²) >= 11 is 5.95. The summed E-state index contributed by atoms with van der Waals surface area (Å²) in [5.74, 6) is 2.27. The minimum Gasteiger partial charge on any atom is -0.267 e. The van der Waals surface area contributed by atoms with Gasteiger partial charge in [0.1, 0.15) is 0 Å². The van der Waals surface area contributed by atoms with Crippen molar-refractivity contribution in [2.45, 2.75) is 25.7 Å². The van der Waals surface area contributed by atoms with Crippen LogP contribution < -0.4 is 0 Å². The van der Waals surface area contributed by atoms with Crippen LogP contribution in [0.1, 0.15) is 45.5 Å². The molecule has 4 heteroatoms. The van der Waals surface area contributed by atoms with Crippen LogP contribution in [0, 0.1) is 12.0 Å². The van der Waals surface area contributed by atoms with Crippen LogP contribution in [0.4, 0.5) is 0 Å². The SMILES string of the molecule is O=C1c2ccccc2C(=O)N1C#CCCCCc1cccc(Cl)c1. The monoisotopic (exact) mass is 337 g/mol. The van der Waals surface area contributed by atoms with Gasteiger partial charge in [-0.2, -0.15) is 4.90 Å². The smallest absolute Gasteiger partial charge is 0.267 e. The van der Waals surface area contributed by atoms with E-state index in [0.29, 0.717) is 17.5 Å². The lowest BCUT2D eigenvalue weighted by Gasteiger charge is -2.03. The van der Waals surface area contributed by atoms with Crippen LogP contribution >= 0.6 is 11.6 Å². The Morgan fingerprint density at radius 2 is 1.62 bits per heavy atom. The van der Waals surface area contributed by atoms with E-state index >= 15 is 0 Å². The first-order chi connectivity index (χ1) is 11.7. The Balaban J connectivity index is 1.50. The molecule has 0 atom stereocenters. The molecule has 24 heavy (non-hydrogen) atoms. The minimum atomic E-state index is -0.331. The zero-order chi connectivity index (χ0) is 16.9. The molecule has 0 radical (unpaired) electrons. The zero-order valence-corrected chi connectivity index (χ0v) is 13.8. The van der Waals surface area contributed by atoms with Crippen LogP contribution in [0.3, 0.4) is 0 Å². The number of fused-ring (bicyclic) bond motifs is 1. The van der Waals surface area contributed by atoms with Crippen LogP contribution in [0.2, 0.25) is 5.02 Å². The van der Waals surface area contributed by atoms with Gasteiger partial charge in [-0.3, -0.25) is 9.59 Å². The zero-order valence-electron chi connectivity index (χ0n) is 13.1. The predicted molar refractivity (Wildman–Crippen MR) is 93.7 cm³/mol. The highest BCUT2D eigenvalue weighted by atomic mass is 35.5. The van der Waals surface area contributed by atoms with Crippen molar-refractivity contribution in [2.24, 2.45) is 0 Å². The van der Waals surface area contributed by atoms with Gasteiger partial charge in [0.05, 0.1) is 11.1 Å². The second-order valence-electron chi connectivity index (χ2n) is 5.62. The van der Waals surface area contributed by atoms with Gasteiger partial charge in [0.2, 0.25) is 0 Å². The number of carbonyl (C=O) groups excluding carboxylic acids is 2. The van der Waals surface area contributed by atoms with E-state index < -0.39 is 0 Å². The Bertz CT molecular complexity index is 813. The second kappa shape index (κ2) is 7.33. The topological polar surface area (TPSA) is 37.4 Å². The third-order valence-corrected chi connectivity index (χ3v) is 4.13. The molecule has 0 aliphatic carbocycles. The Hall–Kier alpha value is -2.57. The maximum atomic E-state index is 12.1. The van der Waals surface area contributed by atoms with Crippen LogP contribution in [0.25, 0.3) is 0 Å². The fourth-order valence-electron chi connectivity index (χ4n) is 2.66. The summed E-state index contributed by atoms with van der Waals surface area (Å²) in [5.41, 5.74) is 2.06. The van der Waals surface area contributed by atoms with Crippen molar-refractivity contribution in [2.75, 3.05) is 0 Å². The third kappa shape index (κ3) is 3.50. The molecule has 2 aromatic carbocycles. The third-order valence-electron chi connectivity index (χ3n) is 3.89. The molecule has 0 aromatic heterocycles. The number of hydrogen-bond donors (Lipinski definition) is 0. The van der Waals surface area contributed by atoms with Gasteiger partial charge in [-0.25, -0.2) is 0 Å². The van der Waals surface area contributed by atoms with Gasteiger partial charge in [0, 0.05) is 17.5 Å². The molecular weight excluding hydrogens is 322 g/mol. The number of benzene rings is 2. The van der Waals surface area contributed by atoms with Gasteiger partial charge in [0.15, 0.2) is 0 Å². The van der Waals surface area contributed by atoms with Crippen molar-refractivity contribution in [3.63, 3.8) is 0 Å². The lowest BCUT2D eigenvalue weighted by molar-refractivity contribution is 0.0735. The van der Waals surface area contributed by atoms with Crippen LogP contribution in [0.5, 0.6) is 0 Å². The average Bonchev–Trinajstić information content (AvgIpc) is 2.83. The van der Waals surface area contributed by atoms with E-state index in [9.17, 15) is 9.59 Å². The molecule has 1 aliphatic heterocycles. The summed E-state index contributed by atoms with van der Waals surface area (Å²) in [6.45, 7) is 0. The van der Waals surface area contributed by atoms with Gasteiger partial charge >= 0.3 is 0 Å². The number of nitrogens with zero attached hydrogens (tertiary/aromatic N) is 1. The molecular formula is C20H16ClNO2. The molecule has 120 valence electrons.